The van der Waals surface area contributed by atoms with Gasteiger partial charge in [0.15, 0.2) is 0 Å². The summed E-state index contributed by atoms with van der Waals surface area (Å²) in [5.74, 6) is -0.269. The third kappa shape index (κ3) is 2.79. The van der Waals surface area contributed by atoms with E-state index < -0.39 is 5.41 Å². The average Bonchev–Trinajstić information content (AvgIpc) is 2.90. The molecular formula is C22H26N2O2. The lowest BCUT2D eigenvalue weighted by Gasteiger charge is -2.31. The third-order valence-electron chi connectivity index (χ3n) is 5.46. The van der Waals surface area contributed by atoms with Crippen molar-refractivity contribution in [2.75, 3.05) is 6.54 Å². The van der Waals surface area contributed by atoms with Crippen molar-refractivity contribution >= 4 is 11.8 Å². The molecule has 2 N–H and O–H groups in total. The van der Waals surface area contributed by atoms with E-state index in [1.54, 1.807) is 6.92 Å². The Labute approximate surface area is 155 Å². The molecule has 0 aromatic heterocycles. The predicted octanol–water partition coefficient (Wildman–Crippen LogP) is 3.48. The molecule has 0 fully saturated rings. The van der Waals surface area contributed by atoms with Crippen molar-refractivity contribution in [3.8, 4) is 11.1 Å². The highest BCUT2D eigenvalue weighted by Crippen LogP contribution is 2.51. The van der Waals surface area contributed by atoms with Crippen LogP contribution in [0.25, 0.3) is 11.1 Å². The van der Waals surface area contributed by atoms with Gasteiger partial charge < -0.3 is 10.6 Å². The molecule has 4 nitrogen and oxygen atoms in total. The molecule has 1 aliphatic carbocycles. The Morgan fingerprint density at radius 1 is 1.00 bits per heavy atom. The van der Waals surface area contributed by atoms with Gasteiger partial charge in [-0.05, 0) is 48.9 Å². The van der Waals surface area contributed by atoms with Gasteiger partial charge in [-0.3, -0.25) is 9.59 Å². The molecule has 2 amide bonds. The van der Waals surface area contributed by atoms with Crippen molar-refractivity contribution in [1.82, 2.24) is 4.90 Å². The van der Waals surface area contributed by atoms with Crippen molar-refractivity contribution < 1.29 is 9.59 Å². The Bertz CT molecular complexity index is 796. The summed E-state index contributed by atoms with van der Waals surface area (Å²) in [4.78, 5) is 26.4. The number of nitrogens with zero attached hydrogens (tertiary/aromatic N) is 1. The highest BCUT2D eigenvalue weighted by Gasteiger charge is 2.47. The molecule has 0 spiro atoms. The molecule has 0 atom stereocenters. The smallest absolute Gasteiger partial charge is 0.232 e. The van der Waals surface area contributed by atoms with Gasteiger partial charge in [0.05, 0.1) is 5.41 Å². The highest BCUT2D eigenvalue weighted by atomic mass is 16.2. The first kappa shape index (κ1) is 18.2. The molecule has 0 saturated carbocycles. The molecule has 26 heavy (non-hydrogen) atoms. The first-order valence-corrected chi connectivity index (χ1v) is 9.16. The Morgan fingerprint density at radius 3 is 1.92 bits per heavy atom. The van der Waals surface area contributed by atoms with Crippen LogP contribution in [0, 0.1) is 0 Å². The number of benzene rings is 2. The molecule has 0 saturated heterocycles. The average molecular weight is 350 g/mol. The molecule has 0 radical (unpaired) electrons. The summed E-state index contributed by atoms with van der Waals surface area (Å²) in [6.45, 7) is 6.22. The van der Waals surface area contributed by atoms with Gasteiger partial charge in [-0.2, -0.15) is 0 Å². The minimum Gasteiger partial charge on any atom is -0.369 e. The largest absolute Gasteiger partial charge is 0.369 e. The number of nitrogens with two attached hydrogens (primary N) is 1. The predicted molar refractivity (Wildman–Crippen MR) is 104 cm³/mol. The van der Waals surface area contributed by atoms with Crippen LogP contribution < -0.4 is 5.73 Å². The zero-order valence-electron chi connectivity index (χ0n) is 15.7. The van der Waals surface area contributed by atoms with Gasteiger partial charge in [-0.25, -0.2) is 0 Å². The van der Waals surface area contributed by atoms with Gasteiger partial charge in [-0.15, -0.1) is 0 Å². The summed E-state index contributed by atoms with van der Waals surface area (Å²) in [5.41, 5.74) is 9.27. The Kier molecular flexibility index (Phi) is 4.86. The zero-order chi connectivity index (χ0) is 18.9. The van der Waals surface area contributed by atoms with Crippen LogP contribution in [0.1, 0.15) is 44.7 Å². The van der Waals surface area contributed by atoms with E-state index in [9.17, 15) is 9.59 Å². The fourth-order valence-electron chi connectivity index (χ4n) is 4.28. The van der Waals surface area contributed by atoms with Gasteiger partial charge in [0.1, 0.15) is 0 Å². The second-order valence-electron chi connectivity index (χ2n) is 7.27. The van der Waals surface area contributed by atoms with Crippen LogP contribution in [-0.2, 0) is 15.0 Å². The lowest BCUT2D eigenvalue weighted by molar-refractivity contribution is -0.130. The minimum atomic E-state index is -0.827. The van der Waals surface area contributed by atoms with Crippen LogP contribution in [-0.4, -0.2) is 29.3 Å². The number of amides is 2. The Morgan fingerprint density at radius 2 is 1.50 bits per heavy atom. The van der Waals surface area contributed by atoms with Gasteiger partial charge in [0, 0.05) is 19.5 Å². The van der Waals surface area contributed by atoms with Crippen molar-refractivity contribution in [3.05, 3.63) is 59.7 Å². The fourth-order valence-corrected chi connectivity index (χ4v) is 4.28. The van der Waals surface area contributed by atoms with Gasteiger partial charge in [0.25, 0.3) is 0 Å². The summed E-state index contributed by atoms with van der Waals surface area (Å²) in [6.07, 6.45) is 1.30. The summed E-state index contributed by atoms with van der Waals surface area (Å²) in [6, 6.07) is 16.1. The second kappa shape index (κ2) is 6.94. The molecule has 0 unspecified atom stereocenters. The summed E-state index contributed by atoms with van der Waals surface area (Å²) in [7, 11) is 0. The molecule has 1 aliphatic rings. The first-order chi connectivity index (χ1) is 12.4. The maximum atomic E-state index is 12.7. The molecule has 3 rings (SSSR count). The standard InChI is InChI=1S/C22H26N2O2/c1-15(2)24(16(3)25)14-8-13-22(21(23)26)19-11-6-4-9-17(19)18-10-5-7-12-20(18)22/h4-7,9-12,15H,8,13-14H2,1-3H3,(H2,23,26). The number of hydrogen-bond donors (Lipinski definition) is 1. The maximum Gasteiger partial charge on any atom is 0.232 e. The summed E-state index contributed by atoms with van der Waals surface area (Å²) >= 11 is 0. The SMILES string of the molecule is CC(=O)N(CCCC1(C(N)=O)c2ccccc2-c2ccccc21)C(C)C. The van der Waals surface area contributed by atoms with E-state index in [1.807, 2.05) is 55.1 Å². The molecular weight excluding hydrogens is 324 g/mol. The molecule has 136 valence electrons. The van der Waals surface area contributed by atoms with Gasteiger partial charge >= 0.3 is 0 Å². The van der Waals surface area contributed by atoms with Crippen LogP contribution in [0.4, 0.5) is 0 Å². The number of primary amides is 1. The summed E-state index contributed by atoms with van der Waals surface area (Å²) < 4.78 is 0. The van der Waals surface area contributed by atoms with Crippen LogP contribution in [0.15, 0.2) is 48.5 Å². The van der Waals surface area contributed by atoms with E-state index in [1.165, 1.54) is 0 Å². The lowest BCUT2D eigenvalue weighted by atomic mass is 9.74. The highest BCUT2D eigenvalue weighted by molar-refractivity contribution is 5.99. The van der Waals surface area contributed by atoms with E-state index in [4.69, 9.17) is 5.73 Å². The molecule has 2 aromatic rings. The van der Waals surface area contributed by atoms with Crippen molar-refractivity contribution in [2.45, 2.75) is 45.1 Å². The van der Waals surface area contributed by atoms with Gasteiger partial charge in [-0.1, -0.05) is 48.5 Å². The molecule has 0 bridgehead atoms. The number of hydrogen-bond acceptors (Lipinski definition) is 2. The van der Waals surface area contributed by atoms with Crippen LogP contribution in [0.2, 0.25) is 0 Å². The molecule has 2 aromatic carbocycles. The Balaban J connectivity index is 1.99. The van der Waals surface area contributed by atoms with Gasteiger partial charge in [0.2, 0.25) is 11.8 Å². The Hall–Kier alpha value is -2.62. The van der Waals surface area contributed by atoms with E-state index in [0.29, 0.717) is 19.4 Å². The minimum absolute atomic E-state index is 0.0559. The van der Waals surface area contributed by atoms with Crippen molar-refractivity contribution in [1.29, 1.82) is 0 Å². The van der Waals surface area contributed by atoms with E-state index in [0.717, 1.165) is 22.3 Å². The van der Waals surface area contributed by atoms with Crippen LogP contribution in [0.5, 0.6) is 0 Å². The van der Waals surface area contributed by atoms with Crippen LogP contribution in [0.3, 0.4) is 0 Å². The monoisotopic (exact) mass is 350 g/mol. The maximum absolute atomic E-state index is 12.7. The second-order valence-corrected chi connectivity index (χ2v) is 7.27. The number of rotatable bonds is 6. The third-order valence-corrected chi connectivity index (χ3v) is 5.46. The molecule has 0 aliphatic heterocycles. The van der Waals surface area contributed by atoms with Crippen LogP contribution >= 0.6 is 0 Å². The number of carbonyl (C=O) groups excluding carboxylic acids is 2. The lowest BCUT2D eigenvalue weighted by Crippen LogP contribution is -2.42. The topological polar surface area (TPSA) is 63.4 Å². The molecule has 0 heterocycles. The summed E-state index contributed by atoms with van der Waals surface area (Å²) in [5, 5.41) is 0. The normalized spacial score (nSPS) is 14.0. The fraction of sp³-hybridized carbons (Fsp3) is 0.364. The van der Waals surface area contributed by atoms with E-state index in [2.05, 4.69) is 12.1 Å². The molecule has 4 heteroatoms. The number of carbonyl (C=O) groups is 2. The van der Waals surface area contributed by atoms with Crippen molar-refractivity contribution in [3.63, 3.8) is 0 Å². The van der Waals surface area contributed by atoms with E-state index in [-0.39, 0.29) is 17.9 Å². The first-order valence-electron chi connectivity index (χ1n) is 9.16. The van der Waals surface area contributed by atoms with Crippen molar-refractivity contribution in [2.24, 2.45) is 5.73 Å². The quantitative estimate of drug-likeness (QED) is 0.867. The number of fused-ring (bicyclic) bond motifs is 3. The zero-order valence-corrected chi connectivity index (χ0v) is 15.7. The van der Waals surface area contributed by atoms with E-state index >= 15 is 0 Å².